The van der Waals surface area contributed by atoms with Crippen molar-refractivity contribution in [2.75, 3.05) is 54.4 Å². The van der Waals surface area contributed by atoms with Gasteiger partial charge in [0, 0.05) is 0 Å². The third-order valence-corrected chi connectivity index (χ3v) is 8.54. The standard InChI is InChI=1S/C34H74N2/c1-7-9-11-13-15-17-18-19-20-21-22-23-24-26-28-30-32-36(5,6)34-33-35(3,4)31-29-27-25-16-14-12-10-8-2/h7-34H2,1-6H3/q+2. The van der Waals surface area contributed by atoms with Crippen molar-refractivity contribution < 1.29 is 8.97 Å². The number of unbranched alkanes of at least 4 members (excludes halogenated alkanes) is 22. The highest BCUT2D eigenvalue weighted by atomic mass is 15.4. The lowest BCUT2D eigenvalue weighted by molar-refractivity contribution is -0.946. The van der Waals surface area contributed by atoms with E-state index in [1.165, 1.54) is 189 Å². The van der Waals surface area contributed by atoms with Crippen LogP contribution in [0.25, 0.3) is 0 Å². The predicted molar refractivity (Wildman–Crippen MR) is 166 cm³/mol. The van der Waals surface area contributed by atoms with E-state index in [9.17, 15) is 0 Å². The minimum Gasteiger partial charge on any atom is -0.324 e. The van der Waals surface area contributed by atoms with Crippen LogP contribution in [0.4, 0.5) is 0 Å². The summed E-state index contributed by atoms with van der Waals surface area (Å²) in [6, 6.07) is 0. The second-order valence-electron chi connectivity index (χ2n) is 13.5. The molecule has 0 saturated carbocycles. The lowest BCUT2D eigenvalue weighted by Crippen LogP contribution is -2.51. The van der Waals surface area contributed by atoms with Gasteiger partial charge < -0.3 is 8.97 Å². The zero-order chi connectivity index (χ0) is 26.8. The molecule has 0 amide bonds. The van der Waals surface area contributed by atoms with Gasteiger partial charge in [0.15, 0.2) is 0 Å². The van der Waals surface area contributed by atoms with Crippen LogP contribution in [-0.4, -0.2) is 63.3 Å². The minimum absolute atomic E-state index is 1.20. The summed E-state index contributed by atoms with van der Waals surface area (Å²) in [5.41, 5.74) is 0. The predicted octanol–water partition coefficient (Wildman–Crippen LogP) is 10.5. The smallest absolute Gasteiger partial charge is 0.128 e. The molecule has 0 aromatic rings. The van der Waals surface area contributed by atoms with Crippen LogP contribution in [0, 0.1) is 0 Å². The molecule has 0 spiro atoms. The first-order chi connectivity index (χ1) is 17.3. The summed E-state index contributed by atoms with van der Waals surface area (Å²) in [4.78, 5) is 0. The van der Waals surface area contributed by atoms with Crippen molar-refractivity contribution in [3.8, 4) is 0 Å². The van der Waals surface area contributed by atoms with Crippen molar-refractivity contribution >= 4 is 0 Å². The van der Waals surface area contributed by atoms with E-state index in [0.717, 1.165) is 0 Å². The number of quaternary nitrogens is 2. The molecule has 0 aromatic carbocycles. The van der Waals surface area contributed by atoms with E-state index in [1.54, 1.807) is 0 Å². The number of hydrogen-bond donors (Lipinski definition) is 0. The maximum absolute atomic E-state index is 2.46. The average molecular weight is 511 g/mol. The zero-order valence-corrected chi connectivity index (χ0v) is 26.7. The van der Waals surface area contributed by atoms with Gasteiger partial charge in [0.25, 0.3) is 0 Å². The van der Waals surface area contributed by atoms with Gasteiger partial charge in [-0.3, -0.25) is 0 Å². The van der Waals surface area contributed by atoms with E-state index in [4.69, 9.17) is 0 Å². The highest BCUT2D eigenvalue weighted by molar-refractivity contribution is 4.51. The van der Waals surface area contributed by atoms with E-state index < -0.39 is 0 Å². The van der Waals surface area contributed by atoms with E-state index in [0.29, 0.717) is 0 Å². The van der Waals surface area contributed by atoms with Crippen molar-refractivity contribution in [2.24, 2.45) is 0 Å². The molecule has 2 heteroatoms. The number of rotatable bonds is 29. The quantitative estimate of drug-likeness (QED) is 0.0693. The van der Waals surface area contributed by atoms with Crippen LogP contribution in [0.3, 0.4) is 0 Å². The Morgan fingerprint density at radius 1 is 0.250 bits per heavy atom. The SMILES string of the molecule is CCCCCCCCCCCCCCCCCC[N+](C)(C)CC[N+](C)(C)CCCCCCCCCC. The van der Waals surface area contributed by atoms with Crippen LogP contribution in [0.15, 0.2) is 0 Å². The molecule has 0 atom stereocenters. The van der Waals surface area contributed by atoms with Gasteiger partial charge in [-0.25, -0.2) is 0 Å². The first-order valence-corrected chi connectivity index (χ1v) is 17.0. The van der Waals surface area contributed by atoms with Gasteiger partial charge in [0.1, 0.15) is 13.1 Å². The average Bonchev–Trinajstić information content (AvgIpc) is 2.84. The molecule has 0 aliphatic heterocycles. The maximum atomic E-state index is 2.46. The summed E-state index contributed by atoms with van der Waals surface area (Å²) >= 11 is 0. The van der Waals surface area contributed by atoms with Crippen LogP contribution >= 0.6 is 0 Å². The number of likely N-dealkylation sites (N-methyl/N-ethyl adjacent to an activating group) is 2. The van der Waals surface area contributed by atoms with Gasteiger partial charge in [-0.1, -0.05) is 142 Å². The van der Waals surface area contributed by atoms with Gasteiger partial charge in [0.2, 0.25) is 0 Å². The Morgan fingerprint density at radius 2 is 0.444 bits per heavy atom. The Hall–Kier alpha value is -0.0800. The van der Waals surface area contributed by atoms with Crippen LogP contribution in [0.2, 0.25) is 0 Å². The van der Waals surface area contributed by atoms with Crippen molar-refractivity contribution in [3.63, 3.8) is 0 Å². The molecular weight excluding hydrogens is 436 g/mol. The summed E-state index contributed by atoms with van der Waals surface area (Å²) in [7, 11) is 9.83. The molecule has 0 N–H and O–H groups in total. The van der Waals surface area contributed by atoms with E-state index in [-0.39, 0.29) is 0 Å². The molecule has 0 aliphatic carbocycles. The maximum Gasteiger partial charge on any atom is 0.128 e. The lowest BCUT2D eigenvalue weighted by atomic mass is 10.0. The van der Waals surface area contributed by atoms with Crippen LogP contribution in [-0.2, 0) is 0 Å². The molecule has 0 rings (SSSR count). The largest absolute Gasteiger partial charge is 0.324 e. The Labute approximate surface area is 231 Å². The molecule has 0 heterocycles. The molecule has 0 unspecified atom stereocenters. The highest BCUT2D eigenvalue weighted by Gasteiger charge is 2.22. The van der Waals surface area contributed by atoms with Crippen molar-refractivity contribution in [2.45, 2.75) is 168 Å². The molecule has 0 aliphatic rings. The van der Waals surface area contributed by atoms with Crippen LogP contribution in [0.5, 0.6) is 0 Å². The molecule has 0 fully saturated rings. The van der Waals surface area contributed by atoms with Crippen LogP contribution in [0.1, 0.15) is 168 Å². The van der Waals surface area contributed by atoms with Crippen LogP contribution < -0.4 is 0 Å². The normalized spacial score (nSPS) is 12.5. The van der Waals surface area contributed by atoms with E-state index >= 15 is 0 Å². The third kappa shape index (κ3) is 27.0. The van der Waals surface area contributed by atoms with Gasteiger partial charge in [-0.2, -0.15) is 0 Å². The third-order valence-electron chi connectivity index (χ3n) is 8.54. The minimum atomic E-state index is 1.20. The highest BCUT2D eigenvalue weighted by Crippen LogP contribution is 2.15. The second kappa shape index (κ2) is 25.2. The molecular formula is C34H74N2+2. The van der Waals surface area contributed by atoms with Crippen molar-refractivity contribution in [3.05, 3.63) is 0 Å². The Bertz CT molecular complexity index is 429. The molecule has 218 valence electrons. The summed E-state index contributed by atoms with van der Waals surface area (Å²) in [6.45, 7) is 9.97. The second-order valence-corrected chi connectivity index (χ2v) is 13.5. The molecule has 0 radical (unpaired) electrons. The fourth-order valence-corrected chi connectivity index (χ4v) is 5.53. The number of nitrogens with zero attached hydrogens (tertiary/aromatic N) is 2. The molecule has 0 bridgehead atoms. The molecule has 2 nitrogen and oxygen atoms in total. The fourth-order valence-electron chi connectivity index (χ4n) is 5.53. The van der Waals surface area contributed by atoms with Gasteiger partial charge in [0.05, 0.1) is 41.3 Å². The first kappa shape index (κ1) is 35.9. The molecule has 36 heavy (non-hydrogen) atoms. The van der Waals surface area contributed by atoms with Gasteiger partial charge >= 0.3 is 0 Å². The fraction of sp³-hybridized carbons (Fsp3) is 1.00. The van der Waals surface area contributed by atoms with Gasteiger partial charge in [-0.05, 0) is 25.7 Å². The van der Waals surface area contributed by atoms with Crippen molar-refractivity contribution in [1.82, 2.24) is 0 Å². The molecule has 0 aromatic heterocycles. The van der Waals surface area contributed by atoms with E-state index in [2.05, 4.69) is 42.0 Å². The number of hydrogen-bond acceptors (Lipinski definition) is 0. The summed E-state index contributed by atoms with van der Waals surface area (Å²) < 4.78 is 2.41. The lowest BCUT2D eigenvalue weighted by Gasteiger charge is -2.36. The van der Waals surface area contributed by atoms with Crippen molar-refractivity contribution in [1.29, 1.82) is 0 Å². The molecule has 0 saturated heterocycles. The zero-order valence-electron chi connectivity index (χ0n) is 26.7. The topological polar surface area (TPSA) is 0 Å². The Morgan fingerprint density at radius 3 is 0.667 bits per heavy atom. The Kier molecular flexibility index (Phi) is 25.2. The first-order valence-electron chi connectivity index (χ1n) is 17.0. The monoisotopic (exact) mass is 511 g/mol. The van der Waals surface area contributed by atoms with E-state index in [1.807, 2.05) is 0 Å². The summed E-state index contributed by atoms with van der Waals surface area (Å²) in [6.07, 6.45) is 34.8. The van der Waals surface area contributed by atoms with Gasteiger partial charge in [-0.15, -0.1) is 0 Å². The summed E-state index contributed by atoms with van der Waals surface area (Å²) in [5, 5.41) is 0. The summed E-state index contributed by atoms with van der Waals surface area (Å²) in [5.74, 6) is 0. The Balaban J connectivity index is 3.53.